The standard InChI is InChI=1S/C22H18ClNO7S2/c1-30-16-9-13(10-17-20(27)24(22(32)33-17)7-6-18(25)26)8-15(23)19(16)31-11-12-2-4-14(5-3-12)21(28)29/h2-5,8-10H,6-7,11H2,1H3,(H,25,26)(H,28,29)/b17-10+. The van der Waals surface area contributed by atoms with Crippen LogP contribution in [0.15, 0.2) is 41.3 Å². The molecular formula is C22H18ClNO7S2. The Morgan fingerprint density at radius 2 is 1.91 bits per heavy atom. The molecule has 1 heterocycles. The predicted octanol–water partition coefficient (Wildman–Crippen LogP) is 4.30. The normalized spacial score (nSPS) is 14.6. The number of amides is 1. The fourth-order valence-corrected chi connectivity index (χ4v) is 4.50. The quantitative estimate of drug-likeness (QED) is 0.378. The van der Waals surface area contributed by atoms with Crippen LogP contribution in [-0.2, 0) is 16.2 Å². The minimum atomic E-state index is -1.02. The molecule has 2 aromatic rings. The maximum absolute atomic E-state index is 12.6. The number of carbonyl (C=O) groups is 3. The highest BCUT2D eigenvalue weighted by Gasteiger charge is 2.32. The van der Waals surface area contributed by atoms with Gasteiger partial charge in [-0.05, 0) is 41.5 Å². The fourth-order valence-electron chi connectivity index (χ4n) is 2.91. The first-order valence-corrected chi connectivity index (χ1v) is 11.1. The van der Waals surface area contributed by atoms with E-state index >= 15 is 0 Å². The molecule has 33 heavy (non-hydrogen) atoms. The van der Waals surface area contributed by atoms with E-state index in [2.05, 4.69) is 0 Å². The van der Waals surface area contributed by atoms with Gasteiger partial charge in [-0.1, -0.05) is 47.7 Å². The van der Waals surface area contributed by atoms with Crippen LogP contribution in [0, 0.1) is 0 Å². The molecule has 0 aromatic heterocycles. The summed E-state index contributed by atoms with van der Waals surface area (Å²) in [5.41, 5.74) is 1.49. The zero-order chi connectivity index (χ0) is 24.1. The van der Waals surface area contributed by atoms with Crippen molar-refractivity contribution in [2.75, 3.05) is 13.7 Å². The molecule has 0 atom stereocenters. The second kappa shape index (κ2) is 10.7. The first-order valence-electron chi connectivity index (χ1n) is 9.49. The molecule has 172 valence electrons. The molecule has 1 aliphatic rings. The lowest BCUT2D eigenvalue weighted by Gasteiger charge is -2.14. The molecule has 8 nitrogen and oxygen atoms in total. The summed E-state index contributed by atoms with van der Waals surface area (Å²) in [5, 5.41) is 18.1. The molecule has 0 spiro atoms. The summed E-state index contributed by atoms with van der Waals surface area (Å²) in [6.45, 7) is 0.138. The number of halogens is 1. The molecule has 0 aliphatic carbocycles. The molecule has 2 N–H and O–H groups in total. The van der Waals surface area contributed by atoms with Gasteiger partial charge < -0.3 is 19.7 Å². The van der Waals surface area contributed by atoms with Crippen LogP contribution in [0.1, 0.15) is 27.9 Å². The molecule has 2 aromatic carbocycles. The van der Waals surface area contributed by atoms with Crippen LogP contribution < -0.4 is 9.47 Å². The topological polar surface area (TPSA) is 113 Å². The minimum absolute atomic E-state index is 0.00163. The lowest BCUT2D eigenvalue weighted by Crippen LogP contribution is -2.30. The second-order valence-corrected chi connectivity index (χ2v) is 8.88. The van der Waals surface area contributed by atoms with Crippen molar-refractivity contribution in [3.8, 4) is 11.5 Å². The van der Waals surface area contributed by atoms with Crippen LogP contribution >= 0.6 is 35.6 Å². The third-order valence-electron chi connectivity index (χ3n) is 4.56. The van der Waals surface area contributed by atoms with E-state index in [1.165, 1.54) is 24.1 Å². The van der Waals surface area contributed by atoms with Crippen molar-refractivity contribution in [3.63, 3.8) is 0 Å². The molecule has 11 heteroatoms. The number of hydrogen-bond donors (Lipinski definition) is 2. The SMILES string of the molecule is COc1cc(/C=C2/SC(=S)N(CCC(=O)O)C2=O)cc(Cl)c1OCc1ccc(C(=O)O)cc1. The molecule has 0 saturated carbocycles. The van der Waals surface area contributed by atoms with Gasteiger partial charge in [0.2, 0.25) is 0 Å². The van der Waals surface area contributed by atoms with Crippen molar-refractivity contribution < 1.29 is 34.1 Å². The Morgan fingerprint density at radius 1 is 1.21 bits per heavy atom. The van der Waals surface area contributed by atoms with Crippen molar-refractivity contribution in [1.29, 1.82) is 0 Å². The summed E-state index contributed by atoms with van der Waals surface area (Å²) in [6.07, 6.45) is 1.40. The average molecular weight is 508 g/mol. The van der Waals surface area contributed by atoms with Gasteiger partial charge in [0.25, 0.3) is 5.91 Å². The van der Waals surface area contributed by atoms with Crippen molar-refractivity contribution in [2.45, 2.75) is 13.0 Å². The Kier molecular flexibility index (Phi) is 7.96. The first kappa shape index (κ1) is 24.6. The van der Waals surface area contributed by atoms with Gasteiger partial charge in [0, 0.05) is 6.54 Å². The lowest BCUT2D eigenvalue weighted by atomic mass is 10.1. The van der Waals surface area contributed by atoms with Crippen LogP contribution in [0.4, 0.5) is 0 Å². The van der Waals surface area contributed by atoms with E-state index in [-0.39, 0.29) is 36.1 Å². The number of nitrogens with zero attached hydrogens (tertiary/aromatic N) is 1. The van der Waals surface area contributed by atoms with E-state index < -0.39 is 11.9 Å². The number of rotatable bonds is 9. The number of methoxy groups -OCH3 is 1. The van der Waals surface area contributed by atoms with E-state index in [4.69, 9.17) is 43.5 Å². The Morgan fingerprint density at radius 3 is 2.52 bits per heavy atom. The smallest absolute Gasteiger partial charge is 0.335 e. The van der Waals surface area contributed by atoms with Crippen LogP contribution in [-0.4, -0.2) is 50.9 Å². The summed E-state index contributed by atoms with van der Waals surface area (Å²) in [5.74, 6) is -1.75. The number of thioether (sulfide) groups is 1. The van der Waals surface area contributed by atoms with E-state index in [9.17, 15) is 14.4 Å². The number of ether oxygens (including phenoxy) is 2. The Labute approximate surface area is 203 Å². The van der Waals surface area contributed by atoms with Crippen LogP contribution in [0.5, 0.6) is 11.5 Å². The fraction of sp³-hybridized carbons (Fsp3) is 0.182. The zero-order valence-electron chi connectivity index (χ0n) is 17.2. The lowest BCUT2D eigenvalue weighted by molar-refractivity contribution is -0.137. The number of benzene rings is 2. The summed E-state index contributed by atoms with van der Waals surface area (Å²) in [4.78, 5) is 36.0. The molecule has 0 radical (unpaired) electrons. The highest BCUT2D eigenvalue weighted by Crippen LogP contribution is 2.39. The first-order chi connectivity index (χ1) is 15.7. The van der Waals surface area contributed by atoms with Gasteiger partial charge >= 0.3 is 11.9 Å². The molecule has 0 unspecified atom stereocenters. The van der Waals surface area contributed by atoms with Crippen LogP contribution in [0.25, 0.3) is 6.08 Å². The van der Waals surface area contributed by atoms with Crippen molar-refractivity contribution >= 4 is 63.8 Å². The zero-order valence-corrected chi connectivity index (χ0v) is 19.6. The van der Waals surface area contributed by atoms with Gasteiger partial charge in [-0.25, -0.2) is 4.79 Å². The minimum Gasteiger partial charge on any atom is -0.493 e. The van der Waals surface area contributed by atoms with Crippen LogP contribution in [0.3, 0.4) is 0 Å². The van der Waals surface area contributed by atoms with Crippen molar-refractivity contribution in [3.05, 3.63) is 63.0 Å². The number of aliphatic carboxylic acids is 1. The Balaban J connectivity index is 1.77. The summed E-state index contributed by atoms with van der Waals surface area (Å²) >= 11 is 12.7. The molecule has 1 saturated heterocycles. The molecule has 0 bridgehead atoms. The maximum atomic E-state index is 12.6. The van der Waals surface area contributed by atoms with Gasteiger partial charge in [-0.3, -0.25) is 14.5 Å². The number of carbonyl (C=O) groups excluding carboxylic acids is 1. The number of carboxylic acid groups (broad SMARTS) is 2. The summed E-state index contributed by atoms with van der Waals surface area (Å²) < 4.78 is 11.5. The van der Waals surface area contributed by atoms with E-state index in [0.717, 1.165) is 17.3 Å². The highest BCUT2D eigenvalue weighted by atomic mass is 35.5. The largest absolute Gasteiger partial charge is 0.493 e. The second-order valence-electron chi connectivity index (χ2n) is 6.80. The van der Waals surface area contributed by atoms with E-state index in [0.29, 0.717) is 26.3 Å². The predicted molar refractivity (Wildman–Crippen MR) is 128 cm³/mol. The Bertz CT molecular complexity index is 1150. The monoisotopic (exact) mass is 507 g/mol. The van der Waals surface area contributed by atoms with E-state index in [1.54, 1.807) is 30.3 Å². The maximum Gasteiger partial charge on any atom is 0.335 e. The van der Waals surface area contributed by atoms with E-state index in [1.807, 2.05) is 0 Å². The highest BCUT2D eigenvalue weighted by molar-refractivity contribution is 8.26. The molecule has 3 rings (SSSR count). The molecule has 1 amide bonds. The van der Waals surface area contributed by atoms with Gasteiger partial charge in [-0.15, -0.1) is 0 Å². The van der Waals surface area contributed by atoms with Gasteiger partial charge in [0.1, 0.15) is 10.9 Å². The van der Waals surface area contributed by atoms with Crippen LogP contribution in [0.2, 0.25) is 5.02 Å². The third-order valence-corrected chi connectivity index (χ3v) is 6.21. The average Bonchev–Trinajstić information content (AvgIpc) is 3.03. The van der Waals surface area contributed by atoms with Crippen molar-refractivity contribution in [1.82, 2.24) is 4.90 Å². The summed E-state index contributed by atoms with van der Waals surface area (Å²) in [6, 6.07) is 9.51. The summed E-state index contributed by atoms with van der Waals surface area (Å²) in [7, 11) is 1.45. The number of hydrogen-bond acceptors (Lipinski definition) is 7. The third kappa shape index (κ3) is 6.04. The van der Waals surface area contributed by atoms with Gasteiger partial charge in [0.05, 0.1) is 29.0 Å². The molecule has 1 aliphatic heterocycles. The number of carboxylic acids is 2. The molecular weight excluding hydrogens is 490 g/mol. The van der Waals surface area contributed by atoms with Gasteiger partial charge in [-0.2, -0.15) is 0 Å². The number of thiocarbonyl (C=S) groups is 1. The van der Waals surface area contributed by atoms with Gasteiger partial charge in [0.15, 0.2) is 11.5 Å². The molecule has 1 fully saturated rings. The Hall–Kier alpha value is -3.08. The van der Waals surface area contributed by atoms with Crippen molar-refractivity contribution in [2.24, 2.45) is 0 Å². The number of aromatic carboxylic acids is 1.